The van der Waals surface area contributed by atoms with Gasteiger partial charge in [-0.05, 0) is 70.9 Å². The van der Waals surface area contributed by atoms with E-state index in [2.05, 4.69) is 33.8 Å². The zero-order chi connectivity index (χ0) is 18.8. The monoisotopic (exact) mass is 374 g/mol. The number of hydrogen-bond acceptors (Lipinski definition) is 4. The molecule has 2 fully saturated rings. The van der Waals surface area contributed by atoms with Crippen LogP contribution in [0.4, 0.5) is 0 Å². The minimum absolute atomic E-state index is 0.0223. The summed E-state index contributed by atoms with van der Waals surface area (Å²) in [5, 5.41) is 7.81. The molecule has 0 spiro atoms. The Bertz CT molecular complexity index is 657. The van der Waals surface area contributed by atoms with Crippen LogP contribution < -0.4 is 5.32 Å². The van der Waals surface area contributed by atoms with Gasteiger partial charge in [0.25, 0.3) is 5.91 Å². The van der Waals surface area contributed by atoms with Crippen LogP contribution in [0.25, 0.3) is 0 Å². The van der Waals surface area contributed by atoms with Gasteiger partial charge in [-0.3, -0.25) is 9.48 Å². The minimum Gasteiger partial charge on any atom is -0.376 e. The Hall–Kier alpha value is -1.40. The second kappa shape index (κ2) is 8.31. The van der Waals surface area contributed by atoms with Gasteiger partial charge < -0.3 is 15.0 Å². The molecule has 0 radical (unpaired) electrons. The highest BCUT2D eigenvalue weighted by molar-refractivity contribution is 5.94. The van der Waals surface area contributed by atoms with Crippen molar-refractivity contribution in [3.63, 3.8) is 0 Å². The summed E-state index contributed by atoms with van der Waals surface area (Å²) in [5.41, 5.74) is 2.84. The van der Waals surface area contributed by atoms with Crippen molar-refractivity contribution in [3.8, 4) is 0 Å². The van der Waals surface area contributed by atoms with Gasteiger partial charge in [0, 0.05) is 36.8 Å². The fraction of sp³-hybridized carbons (Fsp3) is 0.810. The van der Waals surface area contributed by atoms with Crippen LogP contribution in [-0.2, 0) is 24.3 Å². The molecule has 1 aromatic rings. The SMILES string of the molecule is CC(C)N1CCC(CCNC(=O)c2nn(CC3CC3)c3c2COCC3)CC1. The van der Waals surface area contributed by atoms with Crippen LogP contribution >= 0.6 is 0 Å². The fourth-order valence-corrected chi connectivity index (χ4v) is 4.42. The highest BCUT2D eigenvalue weighted by Crippen LogP contribution is 2.32. The predicted octanol–water partition coefficient (Wildman–Crippen LogP) is 2.61. The first-order valence-electron chi connectivity index (χ1n) is 10.8. The van der Waals surface area contributed by atoms with Crippen LogP contribution in [0.15, 0.2) is 0 Å². The molecule has 3 heterocycles. The van der Waals surface area contributed by atoms with Crippen molar-refractivity contribution < 1.29 is 9.53 Å². The molecule has 0 unspecified atom stereocenters. The number of hydrogen-bond donors (Lipinski definition) is 1. The summed E-state index contributed by atoms with van der Waals surface area (Å²) in [4.78, 5) is 15.3. The van der Waals surface area contributed by atoms with Crippen LogP contribution in [0.3, 0.4) is 0 Å². The summed E-state index contributed by atoms with van der Waals surface area (Å²) >= 11 is 0. The maximum atomic E-state index is 12.8. The van der Waals surface area contributed by atoms with Crippen molar-refractivity contribution in [3.05, 3.63) is 17.0 Å². The summed E-state index contributed by atoms with van der Waals surface area (Å²) in [6, 6.07) is 0.643. The Morgan fingerprint density at radius 2 is 2.00 bits per heavy atom. The molecular formula is C21H34N4O2. The number of ether oxygens (including phenoxy) is 1. The molecule has 0 aromatic carbocycles. The molecule has 1 saturated carbocycles. The van der Waals surface area contributed by atoms with Crippen molar-refractivity contribution in [1.29, 1.82) is 0 Å². The molecule has 27 heavy (non-hydrogen) atoms. The topological polar surface area (TPSA) is 59.4 Å². The average Bonchev–Trinajstić information content (AvgIpc) is 3.42. The molecule has 1 aliphatic carbocycles. The Morgan fingerprint density at radius 3 is 2.70 bits per heavy atom. The van der Waals surface area contributed by atoms with E-state index in [0.717, 1.165) is 49.9 Å². The van der Waals surface area contributed by atoms with E-state index >= 15 is 0 Å². The molecule has 2 aliphatic heterocycles. The second-order valence-electron chi connectivity index (χ2n) is 8.82. The smallest absolute Gasteiger partial charge is 0.272 e. The third-order valence-electron chi connectivity index (χ3n) is 6.46. The van der Waals surface area contributed by atoms with Crippen molar-refractivity contribution in [2.45, 2.75) is 71.6 Å². The second-order valence-corrected chi connectivity index (χ2v) is 8.82. The van der Waals surface area contributed by atoms with E-state index in [1.165, 1.54) is 44.5 Å². The summed E-state index contributed by atoms with van der Waals surface area (Å²) in [5.74, 6) is 1.46. The first kappa shape index (κ1) is 18.9. The quantitative estimate of drug-likeness (QED) is 0.797. The number of nitrogens with zero attached hydrogens (tertiary/aromatic N) is 3. The first-order chi connectivity index (χ1) is 13.1. The van der Waals surface area contributed by atoms with Gasteiger partial charge in [0.1, 0.15) is 0 Å². The number of piperidine rings is 1. The van der Waals surface area contributed by atoms with Crippen LogP contribution in [-0.4, -0.2) is 52.9 Å². The third-order valence-corrected chi connectivity index (χ3v) is 6.46. The van der Waals surface area contributed by atoms with Crippen LogP contribution in [0.2, 0.25) is 0 Å². The van der Waals surface area contributed by atoms with E-state index in [-0.39, 0.29) is 5.91 Å². The standard InChI is InChI=1S/C21H34N4O2/c1-15(2)24-10-6-16(7-11-24)5-9-22-21(26)20-18-14-27-12-8-19(18)25(23-20)13-17-3-4-17/h15-17H,3-14H2,1-2H3,(H,22,26). The largest absolute Gasteiger partial charge is 0.376 e. The lowest BCUT2D eigenvalue weighted by atomic mass is 9.93. The van der Waals surface area contributed by atoms with Gasteiger partial charge in [-0.1, -0.05) is 0 Å². The van der Waals surface area contributed by atoms with E-state index in [9.17, 15) is 4.79 Å². The van der Waals surface area contributed by atoms with Crippen molar-refractivity contribution >= 4 is 5.91 Å². The Labute approximate surface area is 162 Å². The van der Waals surface area contributed by atoms with E-state index < -0.39 is 0 Å². The van der Waals surface area contributed by atoms with Gasteiger partial charge in [0.05, 0.1) is 13.2 Å². The van der Waals surface area contributed by atoms with Crippen LogP contribution in [0.5, 0.6) is 0 Å². The van der Waals surface area contributed by atoms with Crippen LogP contribution in [0, 0.1) is 11.8 Å². The Balaban J connectivity index is 1.30. The van der Waals surface area contributed by atoms with E-state index in [1.807, 2.05) is 0 Å². The van der Waals surface area contributed by atoms with Crippen molar-refractivity contribution in [1.82, 2.24) is 20.0 Å². The lowest BCUT2D eigenvalue weighted by Gasteiger charge is -2.34. The molecule has 1 aromatic heterocycles. The van der Waals surface area contributed by atoms with Gasteiger partial charge in [0.2, 0.25) is 0 Å². The lowest BCUT2D eigenvalue weighted by Crippen LogP contribution is -2.39. The van der Waals surface area contributed by atoms with Crippen molar-refractivity contribution in [2.75, 3.05) is 26.2 Å². The number of fused-ring (bicyclic) bond motifs is 1. The normalized spacial score (nSPS) is 21.4. The molecule has 0 bridgehead atoms. The third kappa shape index (κ3) is 4.54. The number of carbonyl (C=O) groups excluding carboxylic acids is 1. The van der Waals surface area contributed by atoms with Gasteiger partial charge in [-0.25, -0.2) is 0 Å². The van der Waals surface area contributed by atoms with E-state index in [1.54, 1.807) is 0 Å². The zero-order valence-corrected chi connectivity index (χ0v) is 16.9. The van der Waals surface area contributed by atoms with Gasteiger partial charge in [0.15, 0.2) is 5.69 Å². The maximum absolute atomic E-state index is 12.8. The predicted molar refractivity (Wildman–Crippen MR) is 105 cm³/mol. The number of likely N-dealkylation sites (tertiary alicyclic amines) is 1. The number of nitrogens with one attached hydrogen (secondary N) is 1. The number of aromatic nitrogens is 2. The van der Waals surface area contributed by atoms with Crippen LogP contribution in [0.1, 0.15) is 67.7 Å². The molecule has 6 heteroatoms. The Kier molecular flexibility index (Phi) is 5.83. The molecule has 1 N–H and O–H groups in total. The molecule has 1 amide bonds. The number of amides is 1. The molecule has 0 atom stereocenters. The summed E-state index contributed by atoms with van der Waals surface area (Å²) in [7, 11) is 0. The summed E-state index contributed by atoms with van der Waals surface area (Å²) < 4.78 is 7.70. The first-order valence-corrected chi connectivity index (χ1v) is 10.8. The molecule has 1 saturated heterocycles. The Morgan fingerprint density at radius 1 is 1.22 bits per heavy atom. The van der Waals surface area contributed by atoms with Gasteiger partial charge in [-0.15, -0.1) is 0 Å². The van der Waals surface area contributed by atoms with Crippen molar-refractivity contribution in [2.24, 2.45) is 11.8 Å². The zero-order valence-electron chi connectivity index (χ0n) is 16.9. The maximum Gasteiger partial charge on any atom is 0.272 e. The average molecular weight is 375 g/mol. The van der Waals surface area contributed by atoms with E-state index in [0.29, 0.717) is 18.3 Å². The van der Waals surface area contributed by atoms with E-state index in [4.69, 9.17) is 4.74 Å². The van der Waals surface area contributed by atoms with Gasteiger partial charge in [-0.2, -0.15) is 5.10 Å². The molecule has 3 aliphatic rings. The fourth-order valence-electron chi connectivity index (χ4n) is 4.42. The minimum atomic E-state index is -0.0223. The molecule has 4 rings (SSSR count). The number of rotatable bonds is 7. The highest BCUT2D eigenvalue weighted by Gasteiger charge is 2.29. The summed E-state index contributed by atoms with van der Waals surface area (Å²) in [6.07, 6.45) is 7.01. The lowest BCUT2D eigenvalue weighted by molar-refractivity contribution is 0.0918. The highest BCUT2D eigenvalue weighted by atomic mass is 16.5. The molecular weight excluding hydrogens is 340 g/mol. The molecule has 150 valence electrons. The number of carbonyl (C=O) groups is 1. The van der Waals surface area contributed by atoms with Gasteiger partial charge >= 0.3 is 0 Å². The summed E-state index contributed by atoms with van der Waals surface area (Å²) in [6.45, 7) is 9.89. The molecule has 6 nitrogen and oxygen atoms in total.